The number of phosphoric acid groups is 2. The van der Waals surface area contributed by atoms with Gasteiger partial charge in [-0.2, -0.15) is 0 Å². The summed E-state index contributed by atoms with van der Waals surface area (Å²) in [4.78, 5) is 72.3. The zero-order chi connectivity index (χ0) is 64.7. The smallest absolute Gasteiger partial charge is 0.462 e. The minimum Gasteiger partial charge on any atom is -0.462 e. The summed E-state index contributed by atoms with van der Waals surface area (Å²) in [6.07, 6.45) is 39.2. The molecule has 0 rings (SSSR count). The lowest BCUT2D eigenvalue weighted by atomic mass is 9.99. The summed E-state index contributed by atoms with van der Waals surface area (Å²) in [5, 5.41) is 10.6. The van der Waals surface area contributed by atoms with Gasteiger partial charge < -0.3 is 33.8 Å². The number of aliphatic hydroxyl groups excluding tert-OH is 1. The molecule has 0 aromatic carbocycles. The van der Waals surface area contributed by atoms with Crippen LogP contribution in [0.1, 0.15) is 331 Å². The summed E-state index contributed by atoms with van der Waals surface area (Å²) in [6, 6.07) is 0. The molecule has 0 aliphatic rings. The van der Waals surface area contributed by atoms with Gasteiger partial charge in [-0.3, -0.25) is 37.3 Å². The van der Waals surface area contributed by atoms with Crippen LogP contribution in [0.4, 0.5) is 0 Å². The van der Waals surface area contributed by atoms with Crippen LogP contribution < -0.4 is 0 Å². The Bertz CT molecular complexity index is 1740. The van der Waals surface area contributed by atoms with E-state index in [2.05, 4.69) is 55.4 Å². The third-order valence-electron chi connectivity index (χ3n) is 16.7. The van der Waals surface area contributed by atoms with Crippen LogP contribution in [0.5, 0.6) is 0 Å². The molecule has 0 saturated heterocycles. The summed E-state index contributed by atoms with van der Waals surface area (Å²) >= 11 is 0. The Kier molecular flexibility index (Phi) is 56.6. The van der Waals surface area contributed by atoms with Gasteiger partial charge in [0.15, 0.2) is 12.2 Å². The van der Waals surface area contributed by atoms with Crippen molar-refractivity contribution in [1.82, 2.24) is 0 Å². The molecule has 19 heteroatoms. The molecule has 0 heterocycles. The molecule has 0 radical (unpaired) electrons. The molecule has 3 N–H and O–H groups in total. The van der Waals surface area contributed by atoms with Gasteiger partial charge >= 0.3 is 39.5 Å². The van der Waals surface area contributed by atoms with Gasteiger partial charge in [-0.1, -0.05) is 280 Å². The largest absolute Gasteiger partial charge is 0.472 e. The molecule has 17 nitrogen and oxygen atoms in total. The number of esters is 4. The maximum absolute atomic E-state index is 13.0. The van der Waals surface area contributed by atoms with Gasteiger partial charge in [0.25, 0.3) is 0 Å². The van der Waals surface area contributed by atoms with Gasteiger partial charge in [0, 0.05) is 25.7 Å². The number of ether oxygens (including phenoxy) is 4. The predicted molar refractivity (Wildman–Crippen MR) is 349 cm³/mol. The fourth-order valence-electron chi connectivity index (χ4n) is 10.0. The van der Waals surface area contributed by atoms with Gasteiger partial charge in [0.2, 0.25) is 0 Å². The Morgan fingerprint density at radius 2 is 0.552 bits per heavy atom. The van der Waals surface area contributed by atoms with Crippen molar-refractivity contribution in [3.63, 3.8) is 0 Å². The first-order valence-corrected chi connectivity index (χ1v) is 38.3. The van der Waals surface area contributed by atoms with E-state index < -0.39 is 97.5 Å². The molecule has 0 aliphatic carbocycles. The quantitative estimate of drug-likeness (QED) is 0.0222. The number of hydrogen-bond acceptors (Lipinski definition) is 15. The Labute approximate surface area is 530 Å². The maximum Gasteiger partial charge on any atom is 0.472 e. The minimum absolute atomic E-state index is 0.101. The minimum atomic E-state index is -4.95. The van der Waals surface area contributed by atoms with E-state index in [1.165, 1.54) is 128 Å². The van der Waals surface area contributed by atoms with E-state index in [0.29, 0.717) is 31.6 Å². The van der Waals surface area contributed by atoms with E-state index in [4.69, 9.17) is 37.0 Å². The number of unbranched alkanes of at least 4 members (excludes halogenated alkanes) is 28. The van der Waals surface area contributed by atoms with Gasteiger partial charge in [0.1, 0.15) is 19.3 Å². The van der Waals surface area contributed by atoms with Crippen molar-refractivity contribution in [3.8, 4) is 0 Å². The number of rotatable bonds is 65. The summed E-state index contributed by atoms with van der Waals surface area (Å²) in [5.41, 5.74) is 0. The second-order valence-corrected chi connectivity index (χ2v) is 28.7. The monoisotopic (exact) mass is 1280 g/mol. The average molecular weight is 1280 g/mol. The van der Waals surface area contributed by atoms with Crippen molar-refractivity contribution in [2.24, 2.45) is 23.7 Å². The van der Waals surface area contributed by atoms with Crippen LogP contribution in [0, 0.1) is 23.7 Å². The first kappa shape index (κ1) is 85.1. The fourth-order valence-corrected chi connectivity index (χ4v) is 11.6. The number of carbonyl (C=O) groups excluding carboxylic acids is 4. The number of phosphoric ester groups is 2. The normalized spacial score (nSPS) is 15.3. The molecule has 0 bridgehead atoms. The second-order valence-electron chi connectivity index (χ2n) is 25.8. The lowest BCUT2D eigenvalue weighted by molar-refractivity contribution is -0.161. The molecule has 0 aromatic heterocycles. The van der Waals surface area contributed by atoms with Gasteiger partial charge in [-0.05, 0) is 49.4 Å². The first-order valence-electron chi connectivity index (χ1n) is 35.3. The molecule has 0 spiro atoms. The molecule has 0 aliphatic heterocycles. The summed E-state index contributed by atoms with van der Waals surface area (Å²) in [5.74, 6) is 0.830. The van der Waals surface area contributed by atoms with Crippen LogP contribution in [-0.2, 0) is 65.4 Å². The van der Waals surface area contributed by atoms with E-state index in [9.17, 15) is 43.2 Å². The second kappa shape index (κ2) is 57.9. The van der Waals surface area contributed by atoms with Gasteiger partial charge in [-0.25, -0.2) is 9.13 Å². The molecule has 87 heavy (non-hydrogen) atoms. The summed E-state index contributed by atoms with van der Waals surface area (Å²) < 4.78 is 68.1. The molecule has 8 atom stereocenters. The van der Waals surface area contributed by atoms with Crippen molar-refractivity contribution in [1.29, 1.82) is 0 Å². The predicted octanol–water partition coefficient (Wildman–Crippen LogP) is 18.9. The molecule has 0 saturated carbocycles. The number of carbonyl (C=O) groups is 4. The van der Waals surface area contributed by atoms with Crippen LogP contribution in [0.3, 0.4) is 0 Å². The molecule has 5 unspecified atom stereocenters. The van der Waals surface area contributed by atoms with E-state index in [1.807, 2.05) is 0 Å². The third-order valence-corrected chi connectivity index (χ3v) is 18.6. The topological polar surface area (TPSA) is 237 Å². The lowest BCUT2D eigenvalue weighted by Gasteiger charge is -2.21. The van der Waals surface area contributed by atoms with Crippen LogP contribution in [-0.4, -0.2) is 96.7 Å². The van der Waals surface area contributed by atoms with Crippen molar-refractivity contribution >= 4 is 39.5 Å². The van der Waals surface area contributed by atoms with E-state index in [1.54, 1.807) is 0 Å². The molecular weight excluding hydrogens is 1150 g/mol. The van der Waals surface area contributed by atoms with Crippen molar-refractivity contribution in [2.75, 3.05) is 39.6 Å². The molecule has 516 valence electrons. The average Bonchev–Trinajstić information content (AvgIpc) is 3.68. The van der Waals surface area contributed by atoms with Crippen molar-refractivity contribution < 1.29 is 80.2 Å². The van der Waals surface area contributed by atoms with Gasteiger partial charge in [-0.15, -0.1) is 0 Å². The van der Waals surface area contributed by atoms with Crippen LogP contribution in [0.2, 0.25) is 0 Å². The standard InChI is InChI=1S/C68H132O17P2/c1-9-59(6)45-37-29-20-18-16-14-12-13-15-17-19-21-32-40-48-65(70)78-54-63(84-67(72)50-42-34-26-23-30-38-46-60(7)10-2)56-82-86(74,75)80-52-62(69)53-81-87(76,77)83-57-64(55-79-66(71)49-41-33-25-22-28-36-44-58(4)5)85-68(73)51-43-35-27-24-31-39-47-61(8)11-3/h58-64,69H,9-57H2,1-8H3,(H,74,75)(H,76,77)/t59?,60?,61?,62-,63-,64-/m1/s1. The Morgan fingerprint density at radius 3 is 0.816 bits per heavy atom. The van der Waals surface area contributed by atoms with Gasteiger partial charge in [0.05, 0.1) is 26.4 Å². The van der Waals surface area contributed by atoms with Crippen LogP contribution in [0.25, 0.3) is 0 Å². The molecule has 0 fully saturated rings. The van der Waals surface area contributed by atoms with E-state index in [0.717, 1.165) is 114 Å². The number of aliphatic hydroxyl groups is 1. The third kappa shape index (κ3) is 58.9. The molecule has 0 amide bonds. The molecular formula is C68H132O17P2. The van der Waals surface area contributed by atoms with Crippen LogP contribution >= 0.6 is 15.6 Å². The van der Waals surface area contributed by atoms with Crippen molar-refractivity contribution in [2.45, 2.75) is 350 Å². The van der Waals surface area contributed by atoms with E-state index in [-0.39, 0.29) is 25.7 Å². The van der Waals surface area contributed by atoms with E-state index >= 15 is 0 Å². The summed E-state index contributed by atoms with van der Waals surface area (Å²) in [6.45, 7) is 14.0. The van der Waals surface area contributed by atoms with Crippen molar-refractivity contribution in [3.05, 3.63) is 0 Å². The highest BCUT2D eigenvalue weighted by Gasteiger charge is 2.30. The highest BCUT2D eigenvalue weighted by atomic mass is 31.2. The first-order chi connectivity index (χ1) is 41.7. The molecule has 0 aromatic rings. The maximum atomic E-state index is 13.0. The summed E-state index contributed by atoms with van der Waals surface area (Å²) in [7, 11) is -9.90. The highest BCUT2D eigenvalue weighted by Crippen LogP contribution is 2.45. The number of hydrogen-bond donors (Lipinski definition) is 3. The zero-order valence-corrected chi connectivity index (χ0v) is 58.4. The van der Waals surface area contributed by atoms with Crippen LogP contribution in [0.15, 0.2) is 0 Å². The SMILES string of the molecule is CCC(C)CCCCCCCCCCCCCCCCC(=O)OC[C@H](COP(=O)(O)OC[C@@H](O)COP(=O)(O)OC[C@@H](COC(=O)CCCCCCCCC(C)C)OC(=O)CCCCCCCCC(C)CC)OC(=O)CCCCCCCCC(C)CC. The highest BCUT2D eigenvalue weighted by molar-refractivity contribution is 7.47. The Balaban J connectivity index is 5.18. The lowest BCUT2D eigenvalue weighted by Crippen LogP contribution is -2.30. The Hall–Kier alpha value is -1.94. The Morgan fingerprint density at radius 1 is 0.322 bits per heavy atom. The fraction of sp³-hybridized carbons (Fsp3) is 0.941. The zero-order valence-electron chi connectivity index (χ0n) is 56.6.